The predicted molar refractivity (Wildman–Crippen MR) is 65.7 cm³/mol. The Kier molecular flexibility index (Phi) is 4.15. The van der Waals surface area contributed by atoms with E-state index in [-0.39, 0.29) is 24.2 Å². The molecular formula is C11H12ClNOS. The Bertz CT molecular complexity index is 416. The van der Waals surface area contributed by atoms with E-state index in [2.05, 4.69) is 0 Å². The summed E-state index contributed by atoms with van der Waals surface area (Å²) in [7, 11) is 0. The average Bonchev–Trinajstić information content (AvgIpc) is 2.70. The van der Waals surface area contributed by atoms with Crippen molar-refractivity contribution in [2.24, 2.45) is 5.73 Å². The molecule has 0 fully saturated rings. The van der Waals surface area contributed by atoms with Crippen molar-refractivity contribution in [2.75, 3.05) is 0 Å². The third kappa shape index (κ3) is 2.50. The van der Waals surface area contributed by atoms with Gasteiger partial charge in [0.2, 0.25) is 0 Å². The van der Waals surface area contributed by atoms with Crippen molar-refractivity contribution < 1.29 is 5.11 Å². The number of benzene rings is 1. The van der Waals surface area contributed by atoms with Gasteiger partial charge in [-0.15, -0.1) is 23.7 Å². The van der Waals surface area contributed by atoms with Crippen LogP contribution in [-0.2, 0) is 0 Å². The number of halogens is 1. The van der Waals surface area contributed by atoms with E-state index in [1.54, 1.807) is 23.5 Å². The summed E-state index contributed by atoms with van der Waals surface area (Å²) in [6.45, 7) is 0. The molecule has 0 saturated heterocycles. The number of aromatic hydroxyl groups is 1. The van der Waals surface area contributed by atoms with Crippen molar-refractivity contribution in [2.45, 2.75) is 6.04 Å². The number of thiophene rings is 1. The lowest BCUT2D eigenvalue weighted by Crippen LogP contribution is -2.10. The summed E-state index contributed by atoms with van der Waals surface area (Å²) in [6, 6.07) is 10.9. The van der Waals surface area contributed by atoms with Gasteiger partial charge < -0.3 is 10.8 Å². The number of rotatable bonds is 2. The number of nitrogens with two attached hydrogens (primary N) is 1. The van der Waals surface area contributed by atoms with Crippen LogP contribution in [0.3, 0.4) is 0 Å². The fourth-order valence-corrected chi connectivity index (χ4v) is 2.12. The topological polar surface area (TPSA) is 46.2 Å². The Morgan fingerprint density at radius 3 is 2.47 bits per heavy atom. The smallest absolute Gasteiger partial charge is 0.120 e. The molecule has 1 aromatic carbocycles. The van der Waals surface area contributed by atoms with Gasteiger partial charge in [0.05, 0.1) is 6.04 Å². The van der Waals surface area contributed by atoms with Crippen molar-refractivity contribution in [1.29, 1.82) is 0 Å². The van der Waals surface area contributed by atoms with Crippen LogP contribution in [0.15, 0.2) is 41.8 Å². The van der Waals surface area contributed by atoms with Crippen LogP contribution >= 0.6 is 23.7 Å². The molecule has 2 aromatic rings. The molecule has 0 aliphatic heterocycles. The van der Waals surface area contributed by atoms with Crippen molar-refractivity contribution in [3.05, 3.63) is 52.2 Å². The Labute approximate surface area is 98.8 Å². The Morgan fingerprint density at radius 2 is 1.87 bits per heavy atom. The highest BCUT2D eigenvalue weighted by molar-refractivity contribution is 7.10. The van der Waals surface area contributed by atoms with Crippen LogP contribution in [0.25, 0.3) is 0 Å². The maximum absolute atomic E-state index is 9.60. The first kappa shape index (κ1) is 12.0. The van der Waals surface area contributed by atoms with Crippen molar-refractivity contribution in [1.82, 2.24) is 0 Å². The molecule has 2 nitrogen and oxygen atoms in total. The van der Waals surface area contributed by atoms with Gasteiger partial charge in [-0.3, -0.25) is 0 Å². The second-order valence-electron chi connectivity index (χ2n) is 3.05. The normalized spacial score (nSPS) is 11.8. The van der Waals surface area contributed by atoms with E-state index in [0.29, 0.717) is 0 Å². The molecule has 2 rings (SSSR count). The van der Waals surface area contributed by atoms with Gasteiger partial charge in [-0.25, -0.2) is 0 Å². The quantitative estimate of drug-likeness (QED) is 0.849. The first-order valence-electron chi connectivity index (χ1n) is 4.36. The van der Waals surface area contributed by atoms with Gasteiger partial charge in [-0.2, -0.15) is 0 Å². The van der Waals surface area contributed by atoms with Crippen LogP contribution in [0.2, 0.25) is 0 Å². The summed E-state index contributed by atoms with van der Waals surface area (Å²) >= 11 is 1.60. The largest absolute Gasteiger partial charge is 0.508 e. The molecule has 4 heteroatoms. The van der Waals surface area contributed by atoms with E-state index in [1.807, 2.05) is 29.6 Å². The second kappa shape index (κ2) is 5.16. The van der Waals surface area contributed by atoms with E-state index >= 15 is 0 Å². The SMILES string of the molecule is Cl.N[C@H](c1cccs1)c1ccccc1O. The first-order valence-corrected chi connectivity index (χ1v) is 5.24. The zero-order valence-corrected chi connectivity index (χ0v) is 9.59. The molecule has 1 atom stereocenters. The van der Waals surface area contributed by atoms with Gasteiger partial charge in [0.1, 0.15) is 5.75 Å². The molecule has 0 bridgehead atoms. The van der Waals surface area contributed by atoms with Crippen LogP contribution in [0.1, 0.15) is 16.5 Å². The molecule has 3 N–H and O–H groups in total. The Hall–Kier alpha value is -1.03. The number of phenolic OH excluding ortho intramolecular Hbond substituents is 1. The third-order valence-corrected chi connectivity index (χ3v) is 3.08. The average molecular weight is 242 g/mol. The minimum atomic E-state index is -0.226. The van der Waals surface area contributed by atoms with E-state index in [4.69, 9.17) is 5.73 Å². The van der Waals surface area contributed by atoms with Gasteiger partial charge in [0.25, 0.3) is 0 Å². The molecule has 0 unspecified atom stereocenters. The molecule has 0 spiro atoms. The number of phenols is 1. The highest BCUT2D eigenvalue weighted by Crippen LogP contribution is 2.29. The summed E-state index contributed by atoms with van der Waals surface area (Å²) in [5, 5.41) is 11.6. The highest BCUT2D eigenvalue weighted by Gasteiger charge is 2.12. The third-order valence-electron chi connectivity index (χ3n) is 2.12. The van der Waals surface area contributed by atoms with Gasteiger partial charge in [-0.1, -0.05) is 24.3 Å². The Balaban J connectivity index is 0.00000112. The summed E-state index contributed by atoms with van der Waals surface area (Å²) < 4.78 is 0. The summed E-state index contributed by atoms with van der Waals surface area (Å²) in [4.78, 5) is 1.06. The molecule has 1 aromatic heterocycles. The van der Waals surface area contributed by atoms with Crippen LogP contribution < -0.4 is 5.73 Å². The monoisotopic (exact) mass is 241 g/mol. The van der Waals surface area contributed by atoms with Gasteiger partial charge in [0, 0.05) is 10.4 Å². The molecule has 0 aliphatic rings. The van der Waals surface area contributed by atoms with Crippen LogP contribution in [0.5, 0.6) is 5.75 Å². The lowest BCUT2D eigenvalue weighted by Gasteiger charge is -2.11. The lowest BCUT2D eigenvalue weighted by atomic mass is 10.1. The van der Waals surface area contributed by atoms with Crippen LogP contribution in [0.4, 0.5) is 0 Å². The minimum absolute atomic E-state index is 0. The molecule has 0 radical (unpaired) electrons. The van der Waals surface area contributed by atoms with Gasteiger partial charge in [-0.05, 0) is 17.5 Å². The Morgan fingerprint density at radius 1 is 1.13 bits per heavy atom. The van der Waals surface area contributed by atoms with Crippen molar-refractivity contribution in [3.63, 3.8) is 0 Å². The fraction of sp³-hybridized carbons (Fsp3) is 0.0909. The first-order chi connectivity index (χ1) is 6.79. The molecule has 15 heavy (non-hydrogen) atoms. The number of hydrogen-bond donors (Lipinski definition) is 2. The van der Waals surface area contributed by atoms with Gasteiger partial charge >= 0.3 is 0 Å². The molecule has 0 saturated carbocycles. The molecular weight excluding hydrogens is 230 g/mol. The zero-order chi connectivity index (χ0) is 9.97. The number of hydrogen-bond acceptors (Lipinski definition) is 3. The summed E-state index contributed by atoms with van der Waals surface area (Å²) in [6.07, 6.45) is 0. The maximum Gasteiger partial charge on any atom is 0.120 e. The lowest BCUT2D eigenvalue weighted by molar-refractivity contribution is 0.465. The predicted octanol–water partition coefficient (Wildman–Crippen LogP) is 2.92. The molecule has 0 amide bonds. The molecule has 0 aliphatic carbocycles. The van der Waals surface area contributed by atoms with E-state index < -0.39 is 0 Å². The van der Waals surface area contributed by atoms with E-state index in [0.717, 1.165) is 10.4 Å². The van der Waals surface area contributed by atoms with E-state index in [9.17, 15) is 5.11 Å². The summed E-state index contributed by atoms with van der Waals surface area (Å²) in [5.74, 6) is 0.258. The second-order valence-corrected chi connectivity index (χ2v) is 4.03. The zero-order valence-electron chi connectivity index (χ0n) is 7.96. The molecule has 1 heterocycles. The van der Waals surface area contributed by atoms with Crippen LogP contribution in [0, 0.1) is 0 Å². The number of para-hydroxylation sites is 1. The highest BCUT2D eigenvalue weighted by atomic mass is 35.5. The van der Waals surface area contributed by atoms with Crippen molar-refractivity contribution in [3.8, 4) is 5.75 Å². The summed E-state index contributed by atoms with van der Waals surface area (Å²) in [5.41, 5.74) is 6.79. The standard InChI is InChI=1S/C11H11NOS.ClH/c12-11(10-6-3-7-14-10)8-4-1-2-5-9(8)13;/h1-7,11,13H,12H2;1H/t11-;/m0./s1. The minimum Gasteiger partial charge on any atom is -0.508 e. The van der Waals surface area contributed by atoms with Crippen molar-refractivity contribution >= 4 is 23.7 Å². The van der Waals surface area contributed by atoms with Gasteiger partial charge in [0.15, 0.2) is 0 Å². The van der Waals surface area contributed by atoms with E-state index in [1.165, 1.54) is 0 Å². The molecule has 80 valence electrons. The van der Waals surface area contributed by atoms with Crippen LogP contribution in [-0.4, -0.2) is 5.11 Å². The maximum atomic E-state index is 9.60. The fourth-order valence-electron chi connectivity index (χ4n) is 1.37.